The third-order valence-electron chi connectivity index (χ3n) is 3.42. The summed E-state index contributed by atoms with van der Waals surface area (Å²) in [5, 5.41) is 9.26. The molecular formula is C15H15F3N8S. The number of anilines is 3. The van der Waals surface area contributed by atoms with Crippen molar-refractivity contribution in [1.82, 2.24) is 24.1 Å². The molecule has 8 nitrogen and oxygen atoms in total. The smallest absolute Gasteiger partial charge is 0.345 e. The van der Waals surface area contributed by atoms with E-state index in [1.165, 1.54) is 16.6 Å². The number of nitrogens with zero attached hydrogens (tertiary/aromatic N) is 5. The molecule has 2 aromatic heterocycles. The van der Waals surface area contributed by atoms with Crippen LogP contribution in [0.25, 0.3) is 11.4 Å². The van der Waals surface area contributed by atoms with E-state index >= 15 is 0 Å². The summed E-state index contributed by atoms with van der Waals surface area (Å²) in [6.07, 6.45) is -1.52. The number of alkyl halides is 3. The predicted molar refractivity (Wildman–Crippen MR) is 97.6 cm³/mol. The lowest BCUT2D eigenvalue weighted by atomic mass is 10.2. The Bertz CT molecular complexity index is 910. The van der Waals surface area contributed by atoms with Crippen molar-refractivity contribution in [1.29, 1.82) is 0 Å². The van der Waals surface area contributed by atoms with Gasteiger partial charge in [0.15, 0.2) is 5.82 Å². The fourth-order valence-electron chi connectivity index (χ4n) is 2.16. The van der Waals surface area contributed by atoms with Crippen LogP contribution in [0.2, 0.25) is 0 Å². The van der Waals surface area contributed by atoms with Crippen molar-refractivity contribution in [3.63, 3.8) is 0 Å². The number of nitrogens with two attached hydrogens (primary N) is 1. The van der Waals surface area contributed by atoms with Crippen molar-refractivity contribution in [2.75, 3.05) is 17.2 Å². The molecule has 0 atom stereocenters. The number of halogens is 3. The Labute approximate surface area is 157 Å². The van der Waals surface area contributed by atoms with Crippen LogP contribution >= 0.6 is 12.8 Å². The molecule has 12 heteroatoms. The van der Waals surface area contributed by atoms with Crippen molar-refractivity contribution >= 4 is 30.3 Å². The van der Waals surface area contributed by atoms with Crippen LogP contribution in [0.4, 0.5) is 30.6 Å². The second-order valence-electron chi connectivity index (χ2n) is 5.43. The predicted octanol–water partition coefficient (Wildman–Crippen LogP) is 2.60. The monoisotopic (exact) mass is 396 g/mol. The topological polar surface area (TPSA) is 107 Å². The molecular weight excluding hydrogens is 381 g/mol. The molecule has 0 amide bonds. The fourth-order valence-corrected chi connectivity index (χ4v) is 2.29. The lowest BCUT2D eigenvalue weighted by molar-refractivity contribution is -0.115. The molecule has 0 saturated carbocycles. The van der Waals surface area contributed by atoms with Crippen molar-refractivity contribution in [3.8, 4) is 11.4 Å². The number of hydrogen-bond acceptors (Lipinski definition) is 8. The van der Waals surface area contributed by atoms with Gasteiger partial charge in [0, 0.05) is 29.6 Å². The summed E-state index contributed by atoms with van der Waals surface area (Å²) >= 11 is 4.04. The molecule has 0 spiro atoms. The normalized spacial score (nSPS) is 11.4. The summed E-state index contributed by atoms with van der Waals surface area (Å²) < 4.78 is 38.3. The maximum Gasteiger partial charge on any atom is 0.405 e. The van der Waals surface area contributed by atoms with Crippen molar-refractivity contribution < 1.29 is 13.2 Å². The number of nitrogens with one attached hydrogen (secondary N) is 2. The minimum atomic E-state index is -4.37. The van der Waals surface area contributed by atoms with Gasteiger partial charge in [0.2, 0.25) is 5.95 Å². The van der Waals surface area contributed by atoms with Crippen LogP contribution in [-0.4, -0.2) is 36.9 Å². The molecule has 0 aliphatic heterocycles. The number of aromatic nitrogens is 5. The van der Waals surface area contributed by atoms with E-state index in [-0.39, 0.29) is 12.5 Å². The Balaban J connectivity index is 1.77. The van der Waals surface area contributed by atoms with E-state index < -0.39 is 12.7 Å². The van der Waals surface area contributed by atoms with Gasteiger partial charge in [-0.25, -0.2) is 9.97 Å². The van der Waals surface area contributed by atoms with Crippen LogP contribution in [0, 0.1) is 0 Å². The van der Waals surface area contributed by atoms with Crippen LogP contribution < -0.4 is 16.4 Å². The van der Waals surface area contributed by atoms with E-state index in [0.717, 1.165) is 5.56 Å². The molecule has 0 aliphatic rings. The van der Waals surface area contributed by atoms with Crippen molar-refractivity contribution in [3.05, 3.63) is 42.4 Å². The van der Waals surface area contributed by atoms with E-state index in [1.807, 2.05) is 0 Å². The highest BCUT2D eigenvalue weighted by atomic mass is 32.1. The Kier molecular flexibility index (Phi) is 5.46. The molecule has 0 aliphatic carbocycles. The molecule has 3 rings (SSSR count). The molecule has 0 unspecified atom stereocenters. The van der Waals surface area contributed by atoms with Crippen LogP contribution in [0.5, 0.6) is 0 Å². The molecule has 3 aromatic rings. The second kappa shape index (κ2) is 7.80. The number of rotatable bonds is 6. The summed E-state index contributed by atoms with van der Waals surface area (Å²) in [4.78, 5) is 12.0. The first kappa shape index (κ1) is 18.9. The first-order chi connectivity index (χ1) is 12.8. The van der Waals surface area contributed by atoms with Crippen molar-refractivity contribution in [2.45, 2.75) is 12.7 Å². The molecule has 1 aromatic carbocycles. The highest BCUT2D eigenvalue weighted by molar-refractivity contribution is 7.78. The average Bonchev–Trinajstić information content (AvgIpc) is 3.06. The van der Waals surface area contributed by atoms with E-state index in [4.69, 9.17) is 5.73 Å². The van der Waals surface area contributed by atoms with Crippen LogP contribution in [-0.2, 0) is 6.54 Å². The van der Waals surface area contributed by atoms with Gasteiger partial charge in [0.25, 0.3) is 0 Å². The average molecular weight is 396 g/mol. The minimum absolute atomic E-state index is 0.128. The molecule has 27 heavy (non-hydrogen) atoms. The first-order valence-electron chi connectivity index (χ1n) is 7.69. The molecule has 0 radical (unpaired) electrons. The van der Waals surface area contributed by atoms with E-state index in [1.54, 1.807) is 24.3 Å². The Morgan fingerprint density at radius 1 is 1.15 bits per heavy atom. The molecule has 0 saturated heterocycles. The lowest BCUT2D eigenvalue weighted by Gasteiger charge is -2.13. The summed E-state index contributed by atoms with van der Waals surface area (Å²) in [6, 6.07) is 7.11. The minimum Gasteiger partial charge on any atom is -0.345 e. The maximum atomic E-state index is 12.3. The van der Waals surface area contributed by atoms with Crippen LogP contribution in [0.3, 0.4) is 0 Å². The summed E-state index contributed by atoms with van der Waals surface area (Å²) in [5.41, 5.74) is 7.66. The number of benzene rings is 1. The quantitative estimate of drug-likeness (QED) is 0.475. The highest BCUT2D eigenvalue weighted by Crippen LogP contribution is 2.23. The Morgan fingerprint density at radius 2 is 1.89 bits per heavy atom. The Morgan fingerprint density at radius 3 is 2.48 bits per heavy atom. The van der Waals surface area contributed by atoms with Gasteiger partial charge in [0.1, 0.15) is 18.7 Å². The standard InChI is InChI=1S/C15H15F3N8S/c16-15(17,18)7-21-14-20-6-10(5-19)13(24-14)23-11-3-1-9(2-4-11)12-22-8-26(27)25-12/h1-4,6,8,27H,5,7,19H2,(H2,20,21,23,24). The summed E-state index contributed by atoms with van der Waals surface area (Å²) in [7, 11) is 0. The summed E-state index contributed by atoms with van der Waals surface area (Å²) in [6.45, 7) is -1.10. The van der Waals surface area contributed by atoms with Gasteiger partial charge in [-0.1, -0.05) is 0 Å². The number of hydrogen-bond donors (Lipinski definition) is 4. The third kappa shape index (κ3) is 5.08. The summed E-state index contributed by atoms with van der Waals surface area (Å²) in [5.74, 6) is 0.690. The van der Waals surface area contributed by atoms with E-state index in [0.29, 0.717) is 22.9 Å². The maximum absolute atomic E-state index is 12.3. The lowest BCUT2D eigenvalue weighted by Crippen LogP contribution is -2.22. The van der Waals surface area contributed by atoms with Gasteiger partial charge in [-0.15, -0.1) is 5.10 Å². The van der Waals surface area contributed by atoms with Crippen LogP contribution in [0.15, 0.2) is 36.8 Å². The van der Waals surface area contributed by atoms with Gasteiger partial charge < -0.3 is 16.4 Å². The largest absolute Gasteiger partial charge is 0.405 e. The molecule has 0 fully saturated rings. The highest BCUT2D eigenvalue weighted by Gasteiger charge is 2.27. The van der Waals surface area contributed by atoms with Gasteiger partial charge in [-0.05, 0) is 37.1 Å². The first-order valence-corrected chi connectivity index (χ1v) is 8.09. The van der Waals surface area contributed by atoms with E-state index in [2.05, 4.69) is 43.5 Å². The molecule has 0 bridgehead atoms. The van der Waals surface area contributed by atoms with Gasteiger partial charge in [-0.3, -0.25) is 0 Å². The van der Waals surface area contributed by atoms with Crippen LogP contribution in [0.1, 0.15) is 5.56 Å². The Hall–Kier alpha value is -2.86. The van der Waals surface area contributed by atoms with Gasteiger partial charge in [0.05, 0.1) is 0 Å². The molecule has 142 valence electrons. The zero-order valence-electron chi connectivity index (χ0n) is 13.8. The third-order valence-corrected chi connectivity index (χ3v) is 3.61. The zero-order valence-corrected chi connectivity index (χ0v) is 14.7. The van der Waals surface area contributed by atoms with Crippen molar-refractivity contribution in [2.24, 2.45) is 5.73 Å². The fraction of sp³-hybridized carbons (Fsp3) is 0.200. The number of thiol groups is 1. The van der Waals surface area contributed by atoms with E-state index in [9.17, 15) is 13.2 Å². The molecule has 2 heterocycles. The molecule has 4 N–H and O–H groups in total. The second-order valence-corrected chi connectivity index (χ2v) is 5.84. The SMILES string of the molecule is NCc1cnc(NCC(F)(F)F)nc1Nc1ccc(-c2ncn(S)n2)cc1. The zero-order chi connectivity index (χ0) is 19.4. The van der Waals surface area contributed by atoms with Gasteiger partial charge >= 0.3 is 6.18 Å². The van der Waals surface area contributed by atoms with Gasteiger partial charge in [-0.2, -0.15) is 22.2 Å².